The zero-order valence-electron chi connectivity index (χ0n) is 17.1. The first kappa shape index (κ1) is 21.8. The van der Waals surface area contributed by atoms with Crippen molar-refractivity contribution in [1.82, 2.24) is 4.98 Å². The van der Waals surface area contributed by atoms with Crippen molar-refractivity contribution in [3.05, 3.63) is 64.5 Å². The molecule has 1 aromatic heterocycles. The second-order valence-electron chi connectivity index (χ2n) is 7.71. The highest BCUT2D eigenvalue weighted by molar-refractivity contribution is 7.92. The number of thiazole rings is 1. The molecular weight excluding hydrogens is 454 g/mol. The number of halogens is 1. The number of carbonyl (C=O) groups excluding carboxylic acids is 1. The molecule has 0 radical (unpaired) electrons. The van der Waals surface area contributed by atoms with E-state index in [1.165, 1.54) is 22.7 Å². The summed E-state index contributed by atoms with van der Waals surface area (Å²) < 4.78 is 24.6. The van der Waals surface area contributed by atoms with Crippen LogP contribution in [0.5, 0.6) is 0 Å². The number of carbonyl (C=O) groups is 1. The molecule has 1 fully saturated rings. The van der Waals surface area contributed by atoms with Gasteiger partial charge in [0.1, 0.15) is 0 Å². The molecule has 162 valence electrons. The van der Waals surface area contributed by atoms with E-state index >= 15 is 0 Å². The van der Waals surface area contributed by atoms with Gasteiger partial charge >= 0.3 is 0 Å². The van der Waals surface area contributed by atoms with Gasteiger partial charge in [-0.1, -0.05) is 42.3 Å². The second kappa shape index (κ2) is 8.26. The maximum absolute atomic E-state index is 13.1. The first-order valence-corrected chi connectivity index (χ1v) is 12.9. The maximum atomic E-state index is 13.1. The number of nitrogens with one attached hydrogen (secondary N) is 1. The summed E-state index contributed by atoms with van der Waals surface area (Å²) in [7, 11) is -1.80. The van der Waals surface area contributed by atoms with Gasteiger partial charge in [-0.25, -0.2) is 13.4 Å². The first-order valence-electron chi connectivity index (χ1n) is 9.76. The lowest BCUT2D eigenvalue weighted by Crippen LogP contribution is -2.45. The Kier molecular flexibility index (Phi) is 5.81. The number of nitrogens with zero attached hydrogens (tertiary/aromatic N) is 2. The van der Waals surface area contributed by atoms with Crippen LogP contribution in [-0.2, 0) is 20.2 Å². The fraction of sp³-hybridized carbons (Fsp3) is 0.273. The highest BCUT2D eigenvalue weighted by Gasteiger charge is 2.45. The van der Waals surface area contributed by atoms with Crippen molar-refractivity contribution in [2.45, 2.75) is 24.7 Å². The van der Waals surface area contributed by atoms with E-state index in [0.717, 1.165) is 42.3 Å². The molecule has 6 nitrogen and oxygen atoms in total. The van der Waals surface area contributed by atoms with Crippen LogP contribution in [0.25, 0.3) is 11.3 Å². The highest BCUT2D eigenvalue weighted by Crippen LogP contribution is 2.45. The monoisotopic (exact) mass is 475 g/mol. The first-order chi connectivity index (χ1) is 14.7. The lowest BCUT2D eigenvalue weighted by Gasteiger charge is -2.40. The number of amides is 1. The third-order valence-electron chi connectivity index (χ3n) is 5.79. The molecule has 0 spiro atoms. The molecule has 4 rings (SSSR count). The van der Waals surface area contributed by atoms with Gasteiger partial charge in [-0.3, -0.25) is 9.10 Å². The molecule has 1 saturated carbocycles. The van der Waals surface area contributed by atoms with Gasteiger partial charge in [-0.15, -0.1) is 11.3 Å². The molecule has 3 aromatic rings. The van der Waals surface area contributed by atoms with E-state index in [-0.39, 0.29) is 5.91 Å². The lowest BCUT2D eigenvalue weighted by atomic mass is 9.64. The van der Waals surface area contributed by atoms with Gasteiger partial charge in [0, 0.05) is 23.0 Å². The van der Waals surface area contributed by atoms with Gasteiger partial charge in [0.25, 0.3) is 0 Å². The third-order valence-corrected chi connectivity index (χ3v) is 8.00. The number of benzene rings is 2. The molecule has 1 aliphatic rings. The van der Waals surface area contributed by atoms with Crippen LogP contribution >= 0.6 is 22.9 Å². The van der Waals surface area contributed by atoms with E-state index in [2.05, 4.69) is 10.3 Å². The predicted octanol–water partition coefficient (Wildman–Crippen LogP) is 4.92. The Labute approximate surface area is 190 Å². The second-order valence-corrected chi connectivity index (χ2v) is 11.0. The normalized spacial score (nSPS) is 15.2. The predicted molar refractivity (Wildman–Crippen MR) is 126 cm³/mol. The van der Waals surface area contributed by atoms with Gasteiger partial charge in [0.05, 0.1) is 23.1 Å². The quantitative estimate of drug-likeness (QED) is 0.548. The topological polar surface area (TPSA) is 79.4 Å². The van der Waals surface area contributed by atoms with Gasteiger partial charge in [-0.05, 0) is 42.7 Å². The van der Waals surface area contributed by atoms with Gasteiger partial charge < -0.3 is 5.32 Å². The number of anilines is 2. The van der Waals surface area contributed by atoms with E-state index in [0.29, 0.717) is 15.8 Å². The Morgan fingerprint density at radius 1 is 1.13 bits per heavy atom. The fourth-order valence-corrected chi connectivity index (χ4v) is 5.01. The molecule has 0 bridgehead atoms. The van der Waals surface area contributed by atoms with E-state index in [4.69, 9.17) is 11.6 Å². The molecule has 1 N–H and O–H groups in total. The average molecular weight is 476 g/mol. The number of hydrogen-bond donors (Lipinski definition) is 1. The van der Waals surface area contributed by atoms with E-state index in [1.54, 1.807) is 12.1 Å². The van der Waals surface area contributed by atoms with E-state index in [9.17, 15) is 13.2 Å². The van der Waals surface area contributed by atoms with Crippen molar-refractivity contribution in [3.63, 3.8) is 0 Å². The molecule has 1 heterocycles. The SMILES string of the molecule is CN(c1ccc(-c2csc(NC(=O)C3(c4ccc(Cl)cc4)CCC3)n2)cc1)S(C)(=O)=O. The molecule has 1 aliphatic carbocycles. The van der Waals surface area contributed by atoms with E-state index < -0.39 is 15.4 Å². The maximum Gasteiger partial charge on any atom is 0.236 e. The van der Waals surface area contributed by atoms with Crippen LogP contribution < -0.4 is 9.62 Å². The Morgan fingerprint density at radius 3 is 2.32 bits per heavy atom. The lowest BCUT2D eigenvalue weighted by molar-refractivity contribution is -0.124. The molecule has 0 unspecified atom stereocenters. The molecular formula is C22H22ClN3O3S2. The van der Waals surface area contributed by atoms with Crippen molar-refractivity contribution in [3.8, 4) is 11.3 Å². The van der Waals surface area contributed by atoms with Crippen molar-refractivity contribution < 1.29 is 13.2 Å². The standard InChI is InChI=1S/C22H22ClN3O3S2/c1-26(31(2,28)29)18-10-4-15(5-11-18)19-14-30-21(24-19)25-20(27)22(12-3-13-22)16-6-8-17(23)9-7-16/h4-11,14H,3,12-13H2,1-2H3,(H,24,25,27). The summed E-state index contributed by atoms with van der Waals surface area (Å²) >= 11 is 7.37. The molecule has 2 aromatic carbocycles. The van der Waals surface area contributed by atoms with Crippen molar-refractivity contribution in [1.29, 1.82) is 0 Å². The Bertz CT molecular complexity index is 1200. The number of aromatic nitrogens is 1. The Balaban J connectivity index is 1.50. The summed E-state index contributed by atoms with van der Waals surface area (Å²) in [5.74, 6) is -0.0490. The van der Waals surface area contributed by atoms with Crippen LogP contribution in [0.3, 0.4) is 0 Å². The Hall–Kier alpha value is -2.42. The van der Waals surface area contributed by atoms with Gasteiger partial charge in [0.2, 0.25) is 15.9 Å². The van der Waals surface area contributed by atoms with Crippen molar-refractivity contribution in [2.75, 3.05) is 22.9 Å². The van der Waals surface area contributed by atoms with Crippen molar-refractivity contribution in [2.24, 2.45) is 0 Å². The van der Waals surface area contributed by atoms with Crippen LogP contribution in [0.4, 0.5) is 10.8 Å². The number of sulfonamides is 1. The zero-order valence-corrected chi connectivity index (χ0v) is 19.5. The average Bonchev–Trinajstić information content (AvgIpc) is 3.16. The zero-order chi connectivity index (χ0) is 22.2. The minimum Gasteiger partial charge on any atom is -0.301 e. The molecule has 0 aliphatic heterocycles. The van der Waals surface area contributed by atoms with E-state index in [1.807, 2.05) is 41.8 Å². The molecule has 0 atom stereocenters. The van der Waals surface area contributed by atoms with Crippen LogP contribution in [0.2, 0.25) is 5.02 Å². The highest BCUT2D eigenvalue weighted by atomic mass is 35.5. The summed E-state index contributed by atoms with van der Waals surface area (Å²) in [5.41, 5.74) is 2.59. The van der Waals surface area contributed by atoms with Crippen molar-refractivity contribution >= 4 is 49.7 Å². The minimum atomic E-state index is -3.31. The Morgan fingerprint density at radius 2 is 1.77 bits per heavy atom. The minimum absolute atomic E-state index is 0.0490. The summed E-state index contributed by atoms with van der Waals surface area (Å²) in [5, 5.41) is 6.05. The number of hydrogen-bond acceptors (Lipinski definition) is 5. The number of rotatable bonds is 6. The van der Waals surface area contributed by atoms with Crippen LogP contribution in [-0.4, -0.2) is 32.6 Å². The van der Waals surface area contributed by atoms with Crippen LogP contribution in [0, 0.1) is 0 Å². The smallest absolute Gasteiger partial charge is 0.236 e. The van der Waals surface area contributed by atoms with Crippen LogP contribution in [0.15, 0.2) is 53.9 Å². The molecule has 9 heteroatoms. The summed E-state index contributed by atoms with van der Waals surface area (Å²) in [4.78, 5) is 17.7. The third kappa shape index (κ3) is 4.33. The summed E-state index contributed by atoms with van der Waals surface area (Å²) in [6, 6.07) is 14.6. The molecule has 0 saturated heterocycles. The summed E-state index contributed by atoms with van der Waals surface area (Å²) in [6.07, 6.45) is 3.77. The van der Waals surface area contributed by atoms with Gasteiger partial charge in [-0.2, -0.15) is 0 Å². The molecule has 1 amide bonds. The molecule has 31 heavy (non-hydrogen) atoms. The largest absolute Gasteiger partial charge is 0.301 e. The summed E-state index contributed by atoms with van der Waals surface area (Å²) in [6.45, 7) is 0. The van der Waals surface area contributed by atoms with Gasteiger partial charge in [0.15, 0.2) is 5.13 Å². The van der Waals surface area contributed by atoms with Crippen LogP contribution in [0.1, 0.15) is 24.8 Å². The fourth-order valence-electron chi connectivity index (χ4n) is 3.66.